The highest BCUT2D eigenvalue weighted by atomic mass is 19.1. The van der Waals surface area contributed by atoms with Crippen molar-refractivity contribution in [2.24, 2.45) is 0 Å². The minimum Gasteiger partial charge on any atom is -0.348 e. The van der Waals surface area contributed by atoms with Crippen LogP contribution in [0, 0.1) is 5.82 Å². The molecule has 4 nitrogen and oxygen atoms in total. The van der Waals surface area contributed by atoms with Crippen LogP contribution < -0.4 is 5.32 Å². The number of aromatic nitrogens is 1. The zero-order valence-corrected chi connectivity index (χ0v) is 12.1. The number of benzene rings is 1. The van der Waals surface area contributed by atoms with Gasteiger partial charge in [0.1, 0.15) is 17.0 Å². The van der Waals surface area contributed by atoms with Gasteiger partial charge >= 0.3 is 0 Å². The predicted molar refractivity (Wildman–Crippen MR) is 81.4 cm³/mol. The molecule has 0 saturated heterocycles. The molecule has 0 bridgehead atoms. The number of para-hydroxylation sites is 1. The second-order valence-corrected chi connectivity index (χ2v) is 5.66. The van der Waals surface area contributed by atoms with E-state index in [9.17, 15) is 14.0 Å². The van der Waals surface area contributed by atoms with Gasteiger partial charge in [0.2, 0.25) is 0 Å². The number of nitrogens with one attached hydrogen (secondary N) is 1. The Bertz CT molecular complexity index is 724. The van der Waals surface area contributed by atoms with Gasteiger partial charge in [-0.25, -0.2) is 9.37 Å². The molecule has 0 spiro atoms. The molecule has 114 valence electrons. The highest BCUT2D eigenvalue weighted by Gasteiger charge is 2.19. The van der Waals surface area contributed by atoms with Crippen LogP contribution in [0.2, 0.25) is 0 Å². The number of rotatable bonds is 3. The van der Waals surface area contributed by atoms with Crippen LogP contribution in [0.1, 0.15) is 53.0 Å². The fraction of sp³-hybridized carbons (Fsp3) is 0.353. The molecule has 1 heterocycles. The Morgan fingerprint density at radius 1 is 1.27 bits per heavy atom. The van der Waals surface area contributed by atoms with Crippen molar-refractivity contribution in [2.75, 3.05) is 0 Å². The first kappa shape index (κ1) is 14.6. The van der Waals surface area contributed by atoms with Crippen molar-refractivity contribution in [3.63, 3.8) is 0 Å². The van der Waals surface area contributed by atoms with E-state index in [1.165, 1.54) is 24.6 Å². The molecule has 1 aliphatic carbocycles. The number of carbonyl (C=O) groups excluding carboxylic acids is 2. The van der Waals surface area contributed by atoms with Gasteiger partial charge in [-0.3, -0.25) is 9.59 Å². The number of amides is 1. The predicted octanol–water partition coefficient (Wildman–Crippen LogP) is 3.25. The van der Waals surface area contributed by atoms with Gasteiger partial charge in [0.15, 0.2) is 6.29 Å². The number of carbonyl (C=O) groups is 2. The Morgan fingerprint density at radius 3 is 2.77 bits per heavy atom. The van der Waals surface area contributed by atoms with Crippen molar-refractivity contribution in [1.82, 2.24) is 10.3 Å². The van der Waals surface area contributed by atoms with Gasteiger partial charge in [-0.15, -0.1) is 0 Å². The average molecular weight is 300 g/mol. The molecule has 1 aromatic heterocycles. The Kier molecular flexibility index (Phi) is 4.13. The monoisotopic (exact) mass is 300 g/mol. The van der Waals surface area contributed by atoms with E-state index in [4.69, 9.17) is 0 Å². The molecule has 0 unspecified atom stereocenters. The molecule has 3 rings (SSSR count). The highest BCUT2D eigenvalue weighted by molar-refractivity contribution is 6.02. The highest BCUT2D eigenvalue weighted by Crippen LogP contribution is 2.21. The van der Waals surface area contributed by atoms with Gasteiger partial charge < -0.3 is 5.32 Å². The van der Waals surface area contributed by atoms with E-state index < -0.39 is 5.82 Å². The van der Waals surface area contributed by atoms with Gasteiger partial charge in [0.25, 0.3) is 5.91 Å². The van der Waals surface area contributed by atoms with Crippen LogP contribution in [-0.2, 0) is 0 Å². The number of nitrogens with zero attached hydrogens (tertiary/aromatic N) is 1. The van der Waals surface area contributed by atoms with Crippen molar-refractivity contribution in [1.29, 1.82) is 0 Å². The molecule has 1 N–H and O–H groups in total. The minimum absolute atomic E-state index is 0.0564. The SMILES string of the molecule is O=Cc1cc(C(=O)NC2CCCCC2)nc2c(F)cccc12. The molecule has 1 saturated carbocycles. The first-order valence-electron chi connectivity index (χ1n) is 7.54. The molecule has 1 aliphatic rings. The van der Waals surface area contributed by atoms with E-state index in [-0.39, 0.29) is 28.7 Å². The van der Waals surface area contributed by atoms with Crippen molar-refractivity contribution in [3.05, 3.63) is 41.3 Å². The molecule has 1 fully saturated rings. The minimum atomic E-state index is -0.534. The summed E-state index contributed by atoms with van der Waals surface area (Å²) in [5.74, 6) is -0.881. The van der Waals surface area contributed by atoms with Crippen LogP contribution in [0.25, 0.3) is 10.9 Å². The Morgan fingerprint density at radius 2 is 2.05 bits per heavy atom. The average Bonchev–Trinajstić information content (AvgIpc) is 2.55. The lowest BCUT2D eigenvalue weighted by molar-refractivity contribution is 0.0923. The largest absolute Gasteiger partial charge is 0.348 e. The quantitative estimate of drug-likeness (QED) is 0.885. The second-order valence-electron chi connectivity index (χ2n) is 5.66. The maximum absolute atomic E-state index is 13.9. The van der Waals surface area contributed by atoms with Gasteiger partial charge in [-0.05, 0) is 25.0 Å². The fourth-order valence-electron chi connectivity index (χ4n) is 2.96. The summed E-state index contributed by atoms with van der Waals surface area (Å²) < 4.78 is 13.9. The molecule has 1 amide bonds. The summed E-state index contributed by atoms with van der Waals surface area (Å²) >= 11 is 0. The van der Waals surface area contributed by atoms with E-state index in [0.29, 0.717) is 11.7 Å². The van der Waals surface area contributed by atoms with Crippen LogP contribution in [0.3, 0.4) is 0 Å². The van der Waals surface area contributed by atoms with Crippen molar-refractivity contribution >= 4 is 23.1 Å². The molecule has 0 atom stereocenters. The van der Waals surface area contributed by atoms with Crippen molar-refractivity contribution < 1.29 is 14.0 Å². The lowest BCUT2D eigenvalue weighted by Crippen LogP contribution is -2.36. The van der Waals surface area contributed by atoms with Crippen LogP contribution in [-0.4, -0.2) is 23.2 Å². The van der Waals surface area contributed by atoms with Crippen molar-refractivity contribution in [2.45, 2.75) is 38.1 Å². The first-order valence-corrected chi connectivity index (χ1v) is 7.54. The summed E-state index contributed by atoms with van der Waals surface area (Å²) in [6, 6.07) is 5.98. The third kappa shape index (κ3) is 2.84. The van der Waals surface area contributed by atoms with E-state index >= 15 is 0 Å². The van der Waals surface area contributed by atoms with Crippen LogP contribution >= 0.6 is 0 Å². The first-order chi connectivity index (χ1) is 10.7. The molecule has 5 heteroatoms. The molecule has 2 aromatic rings. The topological polar surface area (TPSA) is 59.1 Å². The number of fused-ring (bicyclic) bond motifs is 1. The lowest BCUT2D eigenvalue weighted by Gasteiger charge is -2.22. The number of hydrogen-bond acceptors (Lipinski definition) is 3. The summed E-state index contributed by atoms with van der Waals surface area (Å²) in [6.07, 6.45) is 5.93. The van der Waals surface area contributed by atoms with E-state index in [1.54, 1.807) is 6.07 Å². The molecule has 0 radical (unpaired) electrons. The lowest BCUT2D eigenvalue weighted by atomic mass is 9.95. The van der Waals surface area contributed by atoms with Gasteiger partial charge in [0, 0.05) is 17.0 Å². The van der Waals surface area contributed by atoms with E-state index in [2.05, 4.69) is 10.3 Å². The summed E-state index contributed by atoms with van der Waals surface area (Å²) in [4.78, 5) is 27.6. The normalized spacial score (nSPS) is 15.7. The molecule has 22 heavy (non-hydrogen) atoms. The zero-order chi connectivity index (χ0) is 15.5. The number of pyridine rings is 1. The third-order valence-electron chi connectivity index (χ3n) is 4.12. The summed E-state index contributed by atoms with van der Waals surface area (Å²) in [6.45, 7) is 0. The standard InChI is InChI=1S/C17H17FN2O2/c18-14-8-4-7-13-11(10-21)9-15(20-16(13)14)17(22)19-12-5-2-1-3-6-12/h4,7-10,12H,1-3,5-6H2,(H,19,22). The molecule has 0 aliphatic heterocycles. The summed E-state index contributed by atoms with van der Waals surface area (Å²) in [5, 5.41) is 3.35. The second kappa shape index (κ2) is 6.22. The third-order valence-corrected chi connectivity index (χ3v) is 4.12. The molecule has 1 aromatic carbocycles. The van der Waals surface area contributed by atoms with Crippen molar-refractivity contribution in [3.8, 4) is 0 Å². The Balaban J connectivity index is 1.94. The van der Waals surface area contributed by atoms with E-state index in [1.807, 2.05) is 0 Å². The van der Waals surface area contributed by atoms with E-state index in [0.717, 1.165) is 25.7 Å². The number of halogens is 1. The van der Waals surface area contributed by atoms with Crippen LogP contribution in [0.4, 0.5) is 4.39 Å². The summed E-state index contributed by atoms with van der Waals surface area (Å²) in [5.41, 5.74) is 0.421. The number of aldehydes is 1. The molecular weight excluding hydrogens is 283 g/mol. The van der Waals surface area contributed by atoms with Crippen LogP contribution in [0.5, 0.6) is 0 Å². The Hall–Kier alpha value is -2.30. The van der Waals surface area contributed by atoms with Crippen LogP contribution in [0.15, 0.2) is 24.3 Å². The summed E-state index contributed by atoms with van der Waals surface area (Å²) in [7, 11) is 0. The maximum Gasteiger partial charge on any atom is 0.270 e. The Labute approximate surface area is 127 Å². The zero-order valence-electron chi connectivity index (χ0n) is 12.1. The smallest absolute Gasteiger partial charge is 0.270 e. The molecular formula is C17H17FN2O2. The van der Waals surface area contributed by atoms with Gasteiger partial charge in [-0.2, -0.15) is 0 Å². The van der Waals surface area contributed by atoms with Gasteiger partial charge in [0.05, 0.1) is 0 Å². The maximum atomic E-state index is 13.9. The fourth-order valence-corrected chi connectivity index (χ4v) is 2.96. The van der Waals surface area contributed by atoms with Gasteiger partial charge in [-0.1, -0.05) is 31.4 Å². The number of hydrogen-bond donors (Lipinski definition) is 1.